The van der Waals surface area contributed by atoms with E-state index in [1.165, 1.54) is 0 Å². The molecule has 1 atom stereocenters. The molecular weight excluding hydrogens is 329 g/mol. The van der Waals surface area contributed by atoms with Gasteiger partial charge in [-0.2, -0.15) is 0 Å². The fourth-order valence-electron chi connectivity index (χ4n) is 2.23. The van der Waals surface area contributed by atoms with E-state index in [0.29, 0.717) is 20.8 Å². The van der Waals surface area contributed by atoms with Crippen LogP contribution in [0.3, 0.4) is 0 Å². The van der Waals surface area contributed by atoms with E-state index in [-0.39, 0.29) is 6.04 Å². The highest BCUT2D eigenvalue weighted by Gasteiger charge is 2.21. The molecule has 2 aromatic rings. The zero-order valence-electron chi connectivity index (χ0n) is 11.8. The highest BCUT2D eigenvalue weighted by Crippen LogP contribution is 2.37. The Kier molecular flexibility index (Phi) is 5.77. The van der Waals surface area contributed by atoms with Crippen LogP contribution in [0, 0.1) is 0 Å². The second kappa shape index (κ2) is 7.37. The van der Waals surface area contributed by atoms with Crippen LogP contribution in [0.15, 0.2) is 36.4 Å². The molecule has 0 saturated heterocycles. The molecule has 0 aromatic heterocycles. The Morgan fingerprint density at radius 2 is 1.71 bits per heavy atom. The third kappa shape index (κ3) is 3.64. The van der Waals surface area contributed by atoms with Crippen molar-refractivity contribution in [3.63, 3.8) is 0 Å². The summed E-state index contributed by atoms with van der Waals surface area (Å²) in [6, 6.07) is 10.9. The predicted molar refractivity (Wildman–Crippen MR) is 90.0 cm³/mol. The Bertz CT molecular complexity index is 611. The van der Waals surface area contributed by atoms with Gasteiger partial charge in [-0.05, 0) is 36.4 Å². The van der Waals surface area contributed by atoms with Gasteiger partial charge in [0.2, 0.25) is 0 Å². The van der Waals surface area contributed by atoms with E-state index >= 15 is 0 Å². The van der Waals surface area contributed by atoms with E-state index < -0.39 is 0 Å². The van der Waals surface area contributed by atoms with E-state index in [4.69, 9.17) is 39.5 Å². The first-order valence-electron chi connectivity index (χ1n) is 6.59. The van der Waals surface area contributed by atoms with Crippen molar-refractivity contribution < 1.29 is 4.74 Å². The number of hydrogen-bond acceptors (Lipinski definition) is 2. The molecular formula is C16H16Cl3NO. The number of benzene rings is 2. The van der Waals surface area contributed by atoms with E-state index in [1.54, 1.807) is 13.2 Å². The maximum atomic E-state index is 6.39. The highest BCUT2D eigenvalue weighted by molar-refractivity contribution is 6.36. The van der Waals surface area contributed by atoms with Gasteiger partial charge in [0.25, 0.3) is 0 Å². The molecule has 2 aromatic carbocycles. The number of hydrogen-bond donors (Lipinski definition) is 1. The lowest BCUT2D eigenvalue weighted by Gasteiger charge is -2.22. The summed E-state index contributed by atoms with van der Waals surface area (Å²) in [6.07, 6.45) is 0. The molecule has 0 heterocycles. The van der Waals surface area contributed by atoms with Crippen molar-refractivity contribution in [3.8, 4) is 5.75 Å². The van der Waals surface area contributed by atoms with Gasteiger partial charge in [0.05, 0.1) is 13.2 Å². The molecule has 1 N–H and O–H groups in total. The third-order valence-electron chi connectivity index (χ3n) is 3.22. The molecule has 0 saturated carbocycles. The minimum absolute atomic E-state index is 0.172. The largest absolute Gasteiger partial charge is 0.497 e. The van der Waals surface area contributed by atoms with Crippen LogP contribution in [0.2, 0.25) is 15.1 Å². The smallest absolute Gasteiger partial charge is 0.120 e. The monoisotopic (exact) mass is 343 g/mol. The normalized spacial score (nSPS) is 12.2. The van der Waals surface area contributed by atoms with Gasteiger partial charge >= 0.3 is 0 Å². The van der Waals surface area contributed by atoms with Crippen LogP contribution in [0.25, 0.3) is 0 Å². The quantitative estimate of drug-likeness (QED) is 0.789. The summed E-state index contributed by atoms with van der Waals surface area (Å²) < 4.78 is 5.19. The zero-order valence-corrected chi connectivity index (χ0v) is 14.1. The number of ether oxygens (including phenoxy) is 1. The van der Waals surface area contributed by atoms with Crippen LogP contribution in [-0.2, 0) is 0 Å². The van der Waals surface area contributed by atoms with Gasteiger partial charge in [0.1, 0.15) is 5.75 Å². The Morgan fingerprint density at radius 3 is 2.24 bits per heavy atom. The summed E-state index contributed by atoms with van der Waals surface area (Å²) >= 11 is 19.0. The van der Waals surface area contributed by atoms with Gasteiger partial charge in [-0.15, -0.1) is 0 Å². The van der Waals surface area contributed by atoms with Crippen molar-refractivity contribution in [2.75, 3.05) is 13.7 Å². The molecule has 0 aliphatic rings. The molecule has 0 bridgehead atoms. The molecule has 1 unspecified atom stereocenters. The Hall–Kier alpha value is -0.930. The Balaban J connectivity index is 2.53. The molecule has 5 heteroatoms. The number of nitrogens with one attached hydrogen (secondary N) is 1. The molecule has 2 nitrogen and oxygen atoms in total. The van der Waals surface area contributed by atoms with Crippen LogP contribution < -0.4 is 10.1 Å². The SMILES string of the molecule is CCNC(c1ccc(OC)cc1Cl)c1c(Cl)cccc1Cl. The van der Waals surface area contributed by atoms with E-state index in [2.05, 4.69) is 5.32 Å². The number of rotatable bonds is 5. The lowest BCUT2D eigenvalue weighted by Crippen LogP contribution is -2.23. The van der Waals surface area contributed by atoms with Crippen LogP contribution in [0.5, 0.6) is 5.75 Å². The molecule has 0 radical (unpaired) electrons. The van der Waals surface area contributed by atoms with Gasteiger partial charge in [0, 0.05) is 20.6 Å². The second-order valence-electron chi connectivity index (χ2n) is 4.51. The summed E-state index contributed by atoms with van der Waals surface area (Å²) in [6.45, 7) is 2.78. The highest BCUT2D eigenvalue weighted by atomic mass is 35.5. The Morgan fingerprint density at radius 1 is 1.05 bits per heavy atom. The summed E-state index contributed by atoms with van der Waals surface area (Å²) in [5, 5.41) is 5.21. The van der Waals surface area contributed by atoms with Crippen LogP contribution in [-0.4, -0.2) is 13.7 Å². The average molecular weight is 345 g/mol. The molecule has 112 valence electrons. The fraction of sp³-hybridized carbons (Fsp3) is 0.250. The fourth-order valence-corrected chi connectivity index (χ4v) is 3.12. The first kappa shape index (κ1) is 16.4. The summed E-state index contributed by atoms with van der Waals surface area (Å²) in [5.41, 5.74) is 1.74. The molecule has 2 rings (SSSR count). The lowest BCUT2D eigenvalue weighted by atomic mass is 9.98. The van der Waals surface area contributed by atoms with Gasteiger partial charge in [-0.1, -0.05) is 53.9 Å². The first-order valence-corrected chi connectivity index (χ1v) is 7.72. The topological polar surface area (TPSA) is 21.3 Å². The summed E-state index contributed by atoms with van der Waals surface area (Å²) in [4.78, 5) is 0. The second-order valence-corrected chi connectivity index (χ2v) is 5.74. The minimum atomic E-state index is -0.172. The number of halogens is 3. The average Bonchev–Trinajstić information content (AvgIpc) is 2.46. The molecule has 21 heavy (non-hydrogen) atoms. The zero-order chi connectivity index (χ0) is 15.4. The molecule has 0 aliphatic heterocycles. The molecule has 0 amide bonds. The van der Waals surface area contributed by atoms with Crippen molar-refractivity contribution in [2.24, 2.45) is 0 Å². The maximum absolute atomic E-state index is 6.39. The van der Waals surface area contributed by atoms with Crippen molar-refractivity contribution in [1.29, 1.82) is 0 Å². The molecule has 0 aliphatic carbocycles. The van der Waals surface area contributed by atoms with Crippen LogP contribution >= 0.6 is 34.8 Å². The number of methoxy groups -OCH3 is 1. The maximum Gasteiger partial charge on any atom is 0.120 e. The van der Waals surface area contributed by atoms with Crippen LogP contribution in [0.1, 0.15) is 24.1 Å². The van der Waals surface area contributed by atoms with E-state index in [1.807, 2.05) is 37.3 Å². The third-order valence-corrected chi connectivity index (χ3v) is 4.20. The van der Waals surface area contributed by atoms with Gasteiger partial charge in [-0.3, -0.25) is 0 Å². The summed E-state index contributed by atoms with van der Waals surface area (Å²) in [7, 11) is 1.61. The van der Waals surface area contributed by atoms with Crippen molar-refractivity contribution in [2.45, 2.75) is 13.0 Å². The summed E-state index contributed by atoms with van der Waals surface area (Å²) in [5.74, 6) is 0.712. The van der Waals surface area contributed by atoms with Crippen molar-refractivity contribution in [3.05, 3.63) is 62.6 Å². The predicted octanol–water partition coefficient (Wildman–Crippen LogP) is 5.35. The Labute approximate surface area is 140 Å². The van der Waals surface area contributed by atoms with Crippen LogP contribution in [0.4, 0.5) is 0 Å². The van der Waals surface area contributed by atoms with Crippen molar-refractivity contribution >= 4 is 34.8 Å². The van der Waals surface area contributed by atoms with Gasteiger partial charge < -0.3 is 10.1 Å². The standard InChI is InChI=1S/C16H16Cl3NO/c1-3-20-16(15-12(17)5-4-6-13(15)18)11-8-7-10(21-2)9-14(11)19/h4-9,16,20H,3H2,1-2H3. The van der Waals surface area contributed by atoms with Crippen molar-refractivity contribution in [1.82, 2.24) is 5.32 Å². The lowest BCUT2D eigenvalue weighted by molar-refractivity contribution is 0.414. The first-order chi connectivity index (χ1) is 10.1. The van der Waals surface area contributed by atoms with Gasteiger partial charge in [-0.25, -0.2) is 0 Å². The van der Waals surface area contributed by atoms with E-state index in [9.17, 15) is 0 Å². The minimum Gasteiger partial charge on any atom is -0.497 e. The van der Waals surface area contributed by atoms with Gasteiger partial charge in [0.15, 0.2) is 0 Å². The molecule has 0 fully saturated rings. The molecule has 0 spiro atoms. The van der Waals surface area contributed by atoms with E-state index in [0.717, 1.165) is 17.7 Å².